The van der Waals surface area contributed by atoms with Gasteiger partial charge in [0, 0.05) is 0 Å². The van der Waals surface area contributed by atoms with E-state index in [1.54, 1.807) is 0 Å². The van der Waals surface area contributed by atoms with Crippen molar-refractivity contribution in [2.24, 2.45) is 0 Å². The molecule has 1 aliphatic rings. The minimum absolute atomic E-state index is 0. The molecule has 0 nitrogen and oxygen atoms in total. The molecule has 0 aromatic rings. The van der Waals surface area contributed by atoms with Gasteiger partial charge in [-0.05, 0) is 0 Å². The molecule has 5 heteroatoms. The summed E-state index contributed by atoms with van der Waals surface area (Å²) in [6.07, 6.45) is 10.0. The van der Waals surface area contributed by atoms with Gasteiger partial charge in [-0.2, -0.15) is 6.08 Å². The maximum absolute atomic E-state index is 2.99. The molecule has 1 aliphatic carbocycles. The zero-order chi connectivity index (χ0) is 6.24. The molecule has 0 atom stereocenters. The van der Waals surface area contributed by atoms with Gasteiger partial charge in [0.1, 0.15) is 0 Å². The third-order valence-electron chi connectivity index (χ3n) is 0.586. The topological polar surface area (TPSA) is 0 Å². The van der Waals surface area contributed by atoms with Crippen LogP contribution in [-0.2, 0) is 20.5 Å². The van der Waals surface area contributed by atoms with E-state index in [0.29, 0.717) is 0 Å². The molecule has 0 N–H and O–H groups in total. The van der Waals surface area contributed by atoms with Gasteiger partial charge < -0.3 is 14.9 Å². The van der Waals surface area contributed by atoms with Crippen molar-refractivity contribution in [3.05, 3.63) is 39.2 Å². The zero-order valence-electron chi connectivity index (χ0n) is 7.67. The van der Waals surface area contributed by atoms with Gasteiger partial charge in [0.15, 0.2) is 0 Å². The fraction of sp³-hybridized carbons (Fsp3) is 0.143. The number of hydrogen-bond donors (Lipinski definition) is 0. The molecule has 0 saturated carbocycles. The summed E-state index contributed by atoms with van der Waals surface area (Å²) in [5.74, 6) is 0. The van der Waals surface area contributed by atoms with Gasteiger partial charge in [0.25, 0.3) is 0 Å². The predicted octanol–water partition coefficient (Wildman–Crippen LogP) is 1.53. The monoisotopic (exact) mass is 405 g/mol. The third kappa shape index (κ3) is 29.8. The molecule has 0 radical (unpaired) electrons. The van der Waals surface area contributed by atoms with Crippen LogP contribution in [0.1, 0.15) is 6.42 Å². The first-order chi connectivity index (χ1) is 3.91. The summed E-state index contributed by atoms with van der Waals surface area (Å²) in [4.78, 5) is 0. The van der Waals surface area contributed by atoms with Crippen molar-refractivity contribution in [3.63, 3.8) is 0 Å². The Bertz CT molecular complexity index is 130. The van der Waals surface area contributed by atoms with Crippen LogP contribution in [0.25, 0.3) is 0 Å². The van der Waals surface area contributed by atoms with Crippen molar-refractivity contribution < 1.29 is 20.5 Å². The standard InChI is InChI=1S/C5H5.2CH3.2BrH.2H2Si.Zr/c1-2-4-5-3-1;;;;;;;/h1-3H,4H2;2*1H3;2*1H;2*1H2;/q3*-1;;;;;. The molecule has 1 rings (SSSR count). The quantitative estimate of drug-likeness (QED) is 0.421. The molecule has 0 fully saturated rings. The number of allylic oxidation sites excluding steroid dienone is 4. The van der Waals surface area contributed by atoms with E-state index in [9.17, 15) is 0 Å². The molecule has 0 unspecified atom stereocenters. The molecule has 0 amide bonds. The van der Waals surface area contributed by atoms with Crippen molar-refractivity contribution in [2.45, 2.75) is 6.42 Å². The summed E-state index contributed by atoms with van der Waals surface area (Å²) < 4.78 is 0. The molecule has 0 aromatic carbocycles. The Labute approximate surface area is 112 Å². The van der Waals surface area contributed by atoms with Crippen LogP contribution in [0.2, 0.25) is 0 Å². The second kappa shape index (κ2) is 29.3. The summed E-state index contributed by atoms with van der Waals surface area (Å²) in [6, 6.07) is 0. The van der Waals surface area contributed by atoms with Crippen LogP contribution in [0.5, 0.6) is 0 Å². The van der Waals surface area contributed by atoms with E-state index in [4.69, 9.17) is 0 Å². The Hall–Kier alpha value is 1.76. The van der Waals surface area contributed by atoms with E-state index in [-0.39, 0.29) is 69.3 Å². The van der Waals surface area contributed by atoms with Crippen LogP contribution in [0.3, 0.4) is 0 Å². The van der Waals surface area contributed by atoms with E-state index < -0.39 is 0 Å². The second-order valence-corrected chi connectivity index (χ2v) is 14.3. The fourth-order valence-electron chi connectivity index (χ4n) is 0.340. The van der Waals surface area contributed by atoms with Gasteiger partial charge in [-0.15, -0.1) is 40.4 Å². The zero-order valence-corrected chi connectivity index (χ0v) is 16.4. The molecule has 0 spiro atoms. The minimum atomic E-state index is 0. The van der Waals surface area contributed by atoms with Gasteiger partial charge in [-0.25, -0.2) is 12.2 Å². The number of halogens is 2. The van der Waals surface area contributed by atoms with Crippen LogP contribution < -0.4 is 0 Å². The van der Waals surface area contributed by atoms with Crippen LogP contribution in [0.15, 0.2) is 18.2 Å². The van der Waals surface area contributed by atoms with Crippen molar-refractivity contribution in [1.29, 1.82) is 0 Å². The summed E-state index contributed by atoms with van der Waals surface area (Å²) in [5, 5.41) is 0. The molecule has 0 aliphatic heterocycles. The van der Waals surface area contributed by atoms with Gasteiger partial charge in [-0.3, -0.25) is 6.08 Å². The maximum atomic E-state index is 2.99. The molecule has 0 aromatic heterocycles. The van der Waals surface area contributed by atoms with E-state index in [0.717, 1.165) is 6.42 Å². The van der Waals surface area contributed by atoms with E-state index >= 15 is 0 Å². The van der Waals surface area contributed by atoms with Crippen LogP contribution >= 0.6 is 34.0 Å². The molecule has 0 saturated heterocycles. The summed E-state index contributed by atoms with van der Waals surface area (Å²) >= 11 is 0.286. The predicted molar refractivity (Wildman–Crippen MR) is 72.1 cm³/mol. The van der Waals surface area contributed by atoms with Gasteiger partial charge >= 0.3 is 34.2 Å². The molecule has 0 bridgehead atoms. The summed E-state index contributed by atoms with van der Waals surface area (Å²) in [7, 11) is 0. The van der Waals surface area contributed by atoms with Crippen LogP contribution in [0.4, 0.5) is 0 Å². The Morgan fingerprint density at radius 2 is 1.58 bits per heavy atom. The molecule has 0 heterocycles. The summed E-state index contributed by atoms with van der Waals surface area (Å²) in [5.41, 5.74) is 0. The Kier molecular flexibility index (Phi) is 71.3. The van der Waals surface area contributed by atoms with Gasteiger partial charge in [0.05, 0.1) is 0 Å². The molecule has 74 valence electrons. The molecule has 12 heavy (non-hydrogen) atoms. The first-order valence-electron chi connectivity index (χ1n) is 2.42. The number of rotatable bonds is 0. The molecular formula is C7H17Br2Si2Zr-3. The second-order valence-electron chi connectivity index (χ2n) is 1.25. The SMILES string of the molecule is Br.Br.[C-]1=CC=CC1.[CH3-].[CH3-].[SiH2]=[Zr]=[SiH2]. The average Bonchev–Trinajstić information content (AvgIpc) is 2.17. The van der Waals surface area contributed by atoms with Gasteiger partial charge in [0.2, 0.25) is 0 Å². The normalized spacial score (nSPS) is 8.00. The van der Waals surface area contributed by atoms with Crippen molar-refractivity contribution in [1.82, 2.24) is 0 Å². The Balaban J connectivity index is -0.0000000219. The van der Waals surface area contributed by atoms with Crippen molar-refractivity contribution in [3.8, 4) is 0 Å². The van der Waals surface area contributed by atoms with E-state index in [1.165, 1.54) is 0 Å². The average molecular weight is 408 g/mol. The fourth-order valence-corrected chi connectivity index (χ4v) is 0.340. The third-order valence-corrected chi connectivity index (χ3v) is 0.586. The van der Waals surface area contributed by atoms with E-state index in [2.05, 4.69) is 25.9 Å². The summed E-state index contributed by atoms with van der Waals surface area (Å²) in [6.45, 7) is 4.31. The first kappa shape index (κ1) is 29.2. The van der Waals surface area contributed by atoms with E-state index in [1.807, 2.05) is 12.2 Å². The Morgan fingerprint density at radius 3 is 1.67 bits per heavy atom. The van der Waals surface area contributed by atoms with Crippen molar-refractivity contribution in [2.75, 3.05) is 0 Å². The Morgan fingerprint density at radius 1 is 1.17 bits per heavy atom. The van der Waals surface area contributed by atoms with Crippen molar-refractivity contribution >= 4 is 47.7 Å². The molecular weight excluding hydrogens is 391 g/mol. The number of hydrogen-bond acceptors (Lipinski definition) is 0. The van der Waals surface area contributed by atoms with Gasteiger partial charge in [-0.1, -0.05) is 0 Å². The van der Waals surface area contributed by atoms with Crippen LogP contribution in [-0.4, -0.2) is 13.8 Å². The first-order valence-corrected chi connectivity index (χ1v) is 14.3. The van der Waals surface area contributed by atoms with Crippen LogP contribution in [0, 0.1) is 20.9 Å².